The van der Waals surface area contributed by atoms with E-state index < -0.39 is 23.8 Å². The number of halogens is 1. The second kappa shape index (κ2) is 4.20. The van der Waals surface area contributed by atoms with Crippen LogP contribution in [0.5, 0.6) is 0 Å². The molecule has 4 heterocycles. The van der Waals surface area contributed by atoms with E-state index in [4.69, 9.17) is 14.2 Å². The molecule has 4 fully saturated rings. The molecule has 0 aromatic heterocycles. The van der Waals surface area contributed by atoms with Crippen molar-refractivity contribution < 1.29 is 23.8 Å². The molecule has 0 aromatic carbocycles. The molecule has 4 rings (SSSR count). The van der Waals surface area contributed by atoms with Crippen LogP contribution in [0.2, 0.25) is 0 Å². The van der Waals surface area contributed by atoms with Crippen LogP contribution in [0.3, 0.4) is 0 Å². The number of alkyl halides is 1. The fourth-order valence-electron chi connectivity index (χ4n) is 3.96. The van der Waals surface area contributed by atoms with Gasteiger partial charge in [-0.1, -0.05) is 22.6 Å². The van der Waals surface area contributed by atoms with E-state index in [9.17, 15) is 9.59 Å². The molecular weight excluding hydrogens is 379 g/mol. The molecule has 4 aliphatic heterocycles. The fourth-order valence-corrected chi connectivity index (χ4v) is 4.97. The Kier molecular flexibility index (Phi) is 2.75. The van der Waals surface area contributed by atoms with Crippen molar-refractivity contribution in [2.24, 2.45) is 0 Å². The van der Waals surface area contributed by atoms with E-state index in [1.165, 1.54) is 0 Å². The van der Waals surface area contributed by atoms with Gasteiger partial charge in [-0.3, -0.25) is 10.1 Å². The first-order chi connectivity index (χ1) is 9.56. The zero-order valence-corrected chi connectivity index (χ0v) is 13.0. The van der Waals surface area contributed by atoms with Gasteiger partial charge in [0.05, 0.1) is 22.7 Å². The lowest BCUT2D eigenvalue weighted by Gasteiger charge is -2.47. The number of piperidine rings is 1. The summed E-state index contributed by atoms with van der Waals surface area (Å²) in [5.74, 6) is -0.347. The van der Waals surface area contributed by atoms with Crippen molar-refractivity contribution in [2.45, 2.75) is 53.2 Å². The third kappa shape index (κ3) is 1.47. The Labute approximate surface area is 129 Å². The van der Waals surface area contributed by atoms with Gasteiger partial charge in [0.1, 0.15) is 18.2 Å². The number of esters is 1. The Bertz CT molecular complexity index is 488. The van der Waals surface area contributed by atoms with Gasteiger partial charge in [-0.2, -0.15) is 0 Å². The van der Waals surface area contributed by atoms with Crippen LogP contribution in [0.4, 0.5) is 4.79 Å². The molecule has 110 valence electrons. The molecule has 0 radical (unpaired) electrons. The average Bonchev–Trinajstić information content (AvgIpc) is 3.01. The number of carbonyl (C=O) groups excluding carboxylic acids is 2. The third-order valence-corrected chi connectivity index (χ3v) is 6.25. The quantitative estimate of drug-likeness (QED) is 0.381. The second-order valence-corrected chi connectivity index (χ2v) is 7.07. The molecule has 2 bridgehead atoms. The van der Waals surface area contributed by atoms with Crippen molar-refractivity contribution >= 4 is 34.7 Å². The second-order valence-electron chi connectivity index (χ2n) is 5.63. The standard InChI is InChI=1S/C12H15IN2O5/c1-2-18-10(16)7-8-12(20-11(17)15-8)3-4-5(13)6(14-7)9(12)19-4/h4-9,14H,2-3H2,1H3,(H,15,17)/t4-,5+,6+,7+,8-,9-,12-/m0/s1. The highest BCUT2D eigenvalue weighted by Crippen LogP contribution is 2.53. The number of hydrogen-bond donors (Lipinski definition) is 2. The summed E-state index contributed by atoms with van der Waals surface area (Å²) >= 11 is 2.34. The van der Waals surface area contributed by atoms with Crippen molar-refractivity contribution in [3.63, 3.8) is 0 Å². The summed E-state index contributed by atoms with van der Waals surface area (Å²) in [6, 6.07) is -1.00. The molecule has 0 aliphatic carbocycles. The number of ether oxygens (including phenoxy) is 3. The van der Waals surface area contributed by atoms with E-state index >= 15 is 0 Å². The maximum atomic E-state index is 12.2. The number of amides is 1. The largest absolute Gasteiger partial charge is 0.465 e. The Balaban J connectivity index is 1.71. The van der Waals surface area contributed by atoms with Crippen molar-refractivity contribution in [1.29, 1.82) is 0 Å². The minimum absolute atomic E-state index is 0.00714. The monoisotopic (exact) mass is 394 g/mol. The van der Waals surface area contributed by atoms with Crippen LogP contribution in [-0.2, 0) is 19.0 Å². The number of nitrogens with one attached hydrogen (secondary N) is 2. The summed E-state index contributed by atoms with van der Waals surface area (Å²) < 4.78 is 16.9. The van der Waals surface area contributed by atoms with E-state index in [0.29, 0.717) is 13.0 Å². The van der Waals surface area contributed by atoms with E-state index in [1.54, 1.807) is 6.92 Å². The average molecular weight is 394 g/mol. The van der Waals surface area contributed by atoms with Gasteiger partial charge in [-0.05, 0) is 6.92 Å². The van der Waals surface area contributed by atoms with Gasteiger partial charge < -0.3 is 19.5 Å². The molecule has 7 atom stereocenters. The van der Waals surface area contributed by atoms with Crippen LogP contribution in [0.1, 0.15) is 13.3 Å². The van der Waals surface area contributed by atoms with Crippen LogP contribution in [0.15, 0.2) is 0 Å². The molecule has 20 heavy (non-hydrogen) atoms. The SMILES string of the molecule is CCOC(=O)[C@@H]1N[C@@H]2[C@H](I)[C@@H]3C[C@@]4(OC(=O)N[C@@H]14)[C@H]2O3. The topological polar surface area (TPSA) is 85.9 Å². The van der Waals surface area contributed by atoms with Crippen molar-refractivity contribution in [1.82, 2.24) is 10.6 Å². The molecule has 0 unspecified atom stereocenters. The first-order valence-corrected chi connectivity index (χ1v) is 8.03. The minimum Gasteiger partial charge on any atom is -0.465 e. The Hall–Kier alpha value is -0.610. The van der Waals surface area contributed by atoms with Gasteiger partial charge in [0.15, 0.2) is 5.60 Å². The molecule has 0 aromatic rings. The lowest BCUT2D eigenvalue weighted by Crippen LogP contribution is -2.75. The van der Waals surface area contributed by atoms with Crippen LogP contribution < -0.4 is 10.6 Å². The number of rotatable bonds is 2. The summed E-state index contributed by atoms with van der Waals surface area (Å²) in [6.07, 6.45) is 0.0383. The lowest BCUT2D eigenvalue weighted by atomic mass is 9.71. The van der Waals surface area contributed by atoms with Crippen LogP contribution in [0.25, 0.3) is 0 Å². The summed E-state index contributed by atoms with van der Waals surface area (Å²) in [5.41, 5.74) is -0.725. The summed E-state index contributed by atoms with van der Waals surface area (Å²) in [7, 11) is 0. The van der Waals surface area contributed by atoms with Crippen LogP contribution in [0, 0.1) is 0 Å². The zero-order chi connectivity index (χ0) is 14.1. The number of hydrogen-bond acceptors (Lipinski definition) is 6. The molecule has 4 saturated heterocycles. The maximum absolute atomic E-state index is 12.2. The molecule has 8 heteroatoms. The van der Waals surface area contributed by atoms with Crippen molar-refractivity contribution in [3.05, 3.63) is 0 Å². The van der Waals surface area contributed by atoms with Crippen molar-refractivity contribution in [3.8, 4) is 0 Å². The molecule has 4 aliphatic rings. The molecule has 2 N–H and O–H groups in total. The zero-order valence-electron chi connectivity index (χ0n) is 10.8. The highest BCUT2D eigenvalue weighted by Gasteiger charge is 2.74. The van der Waals surface area contributed by atoms with E-state index in [1.807, 2.05) is 0 Å². The van der Waals surface area contributed by atoms with Gasteiger partial charge in [0, 0.05) is 6.42 Å². The highest BCUT2D eigenvalue weighted by atomic mass is 127. The number of fused-ring (bicyclic) bond motifs is 1. The maximum Gasteiger partial charge on any atom is 0.408 e. The lowest BCUT2D eigenvalue weighted by molar-refractivity contribution is -0.152. The van der Waals surface area contributed by atoms with E-state index in [-0.39, 0.29) is 28.1 Å². The number of alkyl carbamates (subject to hydrolysis) is 1. The summed E-state index contributed by atoms with van der Waals surface area (Å²) in [6.45, 7) is 2.08. The molecule has 0 saturated carbocycles. The van der Waals surface area contributed by atoms with Gasteiger partial charge in [-0.15, -0.1) is 0 Å². The van der Waals surface area contributed by atoms with Gasteiger partial charge in [0.25, 0.3) is 0 Å². The van der Waals surface area contributed by atoms with Crippen molar-refractivity contribution in [2.75, 3.05) is 6.61 Å². The summed E-state index contributed by atoms with van der Waals surface area (Å²) in [4.78, 5) is 23.9. The smallest absolute Gasteiger partial charge is 0.408 e. The molecule has 7 nitrogen and oxygen atoms in total. The first kappa shape index (κ1) is 13.1. The molecule has 1 spiro atoms. The van der Waals surface area contributed by atoms with Crippen LogP contribution >= 0.6 is 22.6 Å². The molecule has 1 amide bonds. The predicted molar refractivity (Wildman–Crippen MR) is 74.6 cm³/mol. The Morgan fingerprint density at radius 2 is 2.40 bits per heavy atom. The molecular formula is C12H15IN2O5. The van der Waals surface area contributed by atoms with E-state index in [2.05, 4.69) is 33.2 Å². The summed E-state index contributed by atoms with van der Waals surface area (Å²) in [5, 5.41) is 6.05. The Morgan fingerprint density at radius 3 is 3.10 bits per heavy atom. The fraction of sp³-hybridized carbons (Fsp3) is 0.833. The predicted octanol–water partition coefficient (Wildman–Crippen LogP) is -0.288. The van der Waals surface area contributed by atoms with Gasteiger partial charge in [-0.25, -0.2) is 4.79 Å². The number of carbonyl (C=O) groups is 2. The third-order valence-electron chi connectivity index (χ3n) is 4.68. The highest BCUT2D eigenvalue weighted by molar-refractivity contribution is 14.1. The first-order valence-electron chi connectivity index (χ1n) is 6.78. The minimum atomic E-state index is -0.725. The Morgan fingerprint density at radius 1 is 1.60 bits per heavy atom. The van der Waals surface area contributed by atoms with E-state index in [0.717, 1.165) is 0 Å². The van der Waals surface area contributed by atoms with Gasteiger partial charge in [0.2, 0.25) is 0 Å². The van der Waals surface area contributed by atoms with Crippen LogP contribution in [-0.4, -0.2) is 58.5 Å². The normalized spacial score (nSPS) is 51.4. The van der Waals surface area contributed by atoms with Gasteiger partial charge >= 0.3 is 12.1 Å².